The van der Waals surface area contributed by atoms with Gasteiger partial charge in [-0.25, -0.2) is 13.4 Å². The summed E-state index contributed by atoms with van der Waals surface area (Å²) in [5.41, 5.74) is 1.17. The van der Waals surface area contributed by atoms with Crippen molar-refractivity contribution in [1.29, 1.82) is 0 Å². The van der Waals surface area contributed by atoms with Crippen LogP contribution in [0.5, 0.6) is 0 Å². The zero-order valence-electron chi connectivity index (χ0n) is 10.4. The third-order valence-electron chi connectivity index (χ3n) is 3.81. The fraction of sp³-hybridized carbons (Fsp3) is 0.750. The van der Waals surface area contributed by atoms with Crippen molar-refractivity contribution < 1.29 is 8.42 Å². The normalized spacial score (nSPS) is 24.2. The Labute approximate surface area is 108 Å². The Bertz CT molecular complexity index is 505. The summed E-state index contributed by atoms with van der Waals surface area (Å²) in [6.07, 6.45) is 7.71. The molecule has 1 aromatic heterocycles. The average molecular weight is 269 g/mol. The second-order valence-electron chi connectivity index (χ2n) is 5.33. The molecule has 0 atom stereocenters. The number of imidazole rings is 1. The molecule has 2 fully saturated rings. The van der Waals surface area contributed by atoms with E-state index in [4.69, 9.17) is 0 Å². The van der Waals surface area contributed by atoms with Crippen molar-refractivity contribution in [1.82, 2.24) is 14.9 Å². The van der Waals surface area contributed by atoms with Gasteiger partial charge in [0.05, 0.1) is 23.5 Å². The van der Waals surface area contributed by atoms with Crippen molar-refractivity contribution in [3.05, 3.63) is 18.2 Å². The number of aromatic nitrogens is 2. The molecular formula is C12H19N3O2S. The molecule has 0 spiro atoms. The SMILES string of the molecule is O=S1(=O)CCC(n2cncc2CNC2CC2)CC1. The minimum atomic E-state index is -2.78. The van der Waals surface area contributed by atoms with Gasteiger partial charge in [0.2, 0.25) is 0 Å². The molecule has 100 valence electrons. The highest BCUT2D eigenvalue weighted by molar-refractivity contribution is 7.91. The first kappa shape index (κ1) is 12.2. The van der Waals surface area contributed by atoms with Crippen LogP contribution < -0.4 is 5.32 Å². The minimum absolute atomic E-state index is 0.298. The molecule has 2 aliphatic rings. The third kappa shape index (κ3) is 2.75. The van der Waals surface area contributed by atoms with E-state index in [1.54, 1.807) is 0 Å². The van der Waals surface area contributed by atoms with Crippen LogP contribution >= 0.6 is 0 Å². The maximum absolute atomic E-state index is 11.4. The maximum Gasteiger partial charge on any atom is 0.150 e. The van der Waals surface area contributed by atoms with Gasteiger partial charge in [-0.2, -0.15) is 0 Å². The largest absolute Gasteiger partial charge is 0.330 e. The van der Waals surface area contributed by atoms with Gasteiger partial charge in [-0.3, -0.25) is 0 Å². The van der Waals surface area contributed by atoms with E-state index < -0.39 is 9.84 Å². The van der Waals surface area contributed by atoms with Crippen molar-refractivity contribution in [2.75, 3.05) is 11.5 Å². The van der Waals surface area contributed by atoms with Crippen molar-refractivity contribution in [2.24, 2.45) is 0 Å². The second-order valence-corrected chi connectivity index (χ2v) is 7.63. The number of nitrogens with zero attached hydrogens (tertiary/aromatic N) is 2. The topological polar surface area (TPSA) is 64.0 Å². The quantitative estimate of drug-likeness (QED) is 0.881. The minimum Gasteiger partial charge on any atom is -0.330 e. The van der Waals surface area contributed by atoms with E-state index in [2.05, 4.69) is 14.9 Å². The molecule has 18 heavy (non-hydrogen) atoms. The van der Waals surface area contributed by atoms with Crippen LogP contribution in [-0.2, 0) is 16.4 Å². The van der Waals surface area contributed by atoms with E-state index in [1.165, 1.54) is 18.5 Å². The molecule has 1 saturated heterocycles. The first-order chi connectivity index (χ1) is 8.64. The van der Waals surface area contributed by atoms with Crippen LogP contribution in [0.2, 0.25) is 0 Å². The molecule has 1 aliphatic heterocycles. The van der Waals surface area contributed by atoms with Crippen LogP contribution in [0.15, 0.2) is 12.5 Å². The summed E-state index contributed by atoms with van der Waals surface area (Å²) < 4.78 is 25.0. The van der Waals surface area contributed by atoms with Crippen LogP contribution in [0.3, 0.4) is 0 Å². The first-order valence-electron chi connectivity index (χ1n) is 6.58. The molecule has 0 aromatic carbocycles. The van der Waals surface area contributed by atoms with Crippen LogP contribution in [-0.4, -0.2) is 35.5 Å². The molecule has 0 radical (unpaired) electrons. The zero-order chi connectivity index (χ0) is 12.6. The smallest absolute Gasteiger partial charge is 0.150 e. The Balaban J connectivity index is 1.66. The molecule has 1 N–H and O–H groups in total. The lowest BCUT2D eigenvalue weighted by Crippen LogP contribution is -2.27. The summed E-state index contributed by atoms with van der Waals surface area (Å²) in [6, 6.07) is 0.979. The lowest BCUT2D eigenvalue weighted by Gasteiger charge is -2.25. The highest BCUT2D eigenvalue weighted by atomic mass is 32.2. The summed E-state index contributed by atoms with van der Waals surface area (Å²) >= 11 is 0. The highest BCUT2D eigenvalue weighted by Crippen LogP contribution is 2.25. The van der Waals surface area contributed by atoms with E-state index in [0.717, 1.165) is 19.4 Å². The Morgan fingerprint density at radius 3 is 2.67 bits per heavy atom. The fourth-order valence-corrected chi connectivity index (χ4v) is 3.96. The number of nitrogens with one attached hydrogen (secondary N) is 1. The molecule has 1 aliphatic carbocycles. The number of rotatable bonds is 4. The standard InChI is InChI=1S/C12H19N3O2S/c16-18(17)5-3-11(4-6-18)15-9-13-7-12(15)8-14-10-1-2-10/h7,9-11,14H,1-6,8H2. The Morgan fingerprint density at radius 1 is 1.28 bits per heavy atom. The predicted molar refractivity (Wildman–Crippen MR) is 69.0 cm³/mol. The Kier molecular flexibility index (Phi) is 3.15. The van der Waals surface area contributed by atoms with Gasteiger partial charge >= 0.3 is 0 Å². The second kappa shape index (κ2) is 4.66. The van der Waals surface area contributed by atoms with Gasteiger partial charge < -0.3 is 9.88 Å². The lowest BCUT2D eigenvalue weighted by molar-refractivity contribution is 0.433. The molecule has 1 saturated carbocycles. The van der Waals surface area contributed by atoms with Crippen molar-refractivity contribution >= 4 is 9.84 Å². The molecule has 5 nitrogen and oxygen atoms in total. The Hall–Kier alpha value is -0.880. The summed E-state index contributed by atoms with van der Waals surface area (Å²) in [6.45, 7) is 0.841. The van der Waals surface area contributed by atoms with Gasteiger partial charge in [0.15, 0.2) is 0 Å². The summed E-state index contributed by atoms with van der Waals surface area (Å²) in [5, 5.41) is 3.48. The van der Waals surface area contributed by atoms with E-state index in [9.17, 15) is 8.42 Å². The van der Waals surface area contributed by atoms with Gasteiger partial charge in [0.25, 0.3) is 0 Å². The molecule has 0 amide bonds. The fourth-order valence-electron chi connectivity index (χ4n) is 2.49. The number of hydrogen-bond acceptors (Lipinski definition) is 4. The predicted octanol–water partition coefficient (Wildman–Crippen LogP) is 0.885. The van der Waals surface area contributed by atoms with Crippen molar-refractivity contribution in [3.63, 3.8) is 0 Å². The monoisotopic (exact) mass is 269 g/mol. The molecule has 1 aromatic rings. The highest BCUT2D eigenvalue weighted by Gasteiger charge is 2.26. The van der Waals surface area contributed by atoms with Crippen molar-refractivity contribution in [2.45, 2.75) is 44.3 Å². The molecule has 2 heterocycles. The summed E-state index contributed by atoms with van der Waals surface area (Å²) in [4.78, 5) is 4.21. The maximum atomic E-state index is 11.4. The zero-order valence-corrected chi connectivity index (χ0v) is 11.2. The number of sulfone groups is 1. The van der Waals surface area contributed by atoms with Gasteiger partial charge in [0.1, 0.15) is 9.84 Å². The molecule has 6 heteroatoms. The average Bonchev–Trinajstić information content (AvgIpc) is 3.05. The van der Waals surface area contributed by atoms with E-state index in [-0.39, 0.29) is 0 Å². The molecule has 0 bridgehead atoms. The summed E-state index contributed by atoms with van der Waals surface area (Å²) in [5.74, 6) is 0.622. The van der Waals surface area contributed by atoms with E-state index in [0.29, 0.717) is 23.6 Å². The van der Waals surface area contributed by atoms with E-state index in [1.807, 2.05) is 12.5 Å². The first-order valence-corrected chi connectivity index (χ1v) is 8.41. The molecular weight excluding hydrogens is 250 g/mol. The van der Waals surface area contributed by atoms with Crippen LogP contribution in [0.4, 0.5) is 0 Å². The van der Waals surface area contributed by atoms with Gasteiger partial charge in [-0.05, 0) is 25.7 Å². The van der Waals surface area contributed by atoms with Crippen LogP contribution in [0.25, 0.3) is 0 Å². The summed E-state index contributed by atoms with van der Waals surface area (Å²) in [7, 11) is -2.78. The van der Waals surface area contributed by atoms with Crippen molar-refractivity contribution in [3.8, 4) is 0 Å². The number of hydrogen-bond donors (Lipinski definition) is 1. The van der Waals surface area contributed by atoms with Crippen LogP contribution in [0, 0.1) is 0 Å². The molecule has 3 rings (SSSR count). The van der Waals surface area contributed by atoms with Gasteiger partial charge in [-0.15, -0.1) is 0 Å². The third-order valence-corrected chi connectivity index (χ3v) is 5.53. The van der Waals surface area contributed by atoms with E-state index >= 15 is 0 Å². The van der Waals surface area contributed by atoms with Gasteiger partial charge in [0, 0.05) is 24.8 Å². The molecule has 0 unspecified atom stereocenters. The van der Waals surface area contributed by atoms with Gasteiger partial charge in [-0.1, -0.05) is 0 Å². The van der Waals surface area contributed by atoms with Crippen LogP contribution in [0.1, 0.15) is 37.4 Å². The lowest BCUT2D eigenvalue weighted by atomic mass is 10.1. The Morgan fingerprint density at radius 2 is 2.00 bits per heavy atom.